The lowest BCUT2D eigenvalue weighted by atomic mass is 10.1. The molecule has 2 aliphatic heterocycles. The van der Waals surface area contributed by atoms with Crippen LogP contribution in [0.5, 0.6) is 0 Å². The average molecular weight is 445 g/mol. The molecular weight excluding hydrogens is 423 g/mol. The van der Waals surface area contributed by atoms with Gasteiger partial charge in [0.1, 0.15) is 0 Å². The number of halogens is 3. The number of carbonyl (C=O) groups is 3. The van der Waals surface area contributed by atoms with E-state index in [4.69, 9.17) is 0 Å². The molecule has 0 atom stereocenters. The van der Waals surface area contributed by atoms with Crippen molar-refractivity contribution in [3.8, 4) is 0 Å². The Hall–Kier alpha value is -3.36. The highest BCUT2D eigenvalue weighted by Crippen LogP contribution is 2.36. The van der Waals surface area contributed by atoms with E-state index in [1.54, 1.807) is 0 Å². The quantitative estimate of drug-likeness (QED) is 0.699. The average Bonchev–Trinajstić information content (AvgIpc) is 3.11. The van der Waals surface area contributed by atoms with Crippen molar-refractivity contribution in [2.45, 2.75) is 38.3 Å². The largest absolute Gasteiger partial charge is 0.416 e. The fraction of sp³-hybridized carbons (Fsp3) is 0.348. The summed E-state index contributed by atoms with van der Waals surface area (Å²) in [6.45, 7) is 1.42. The molecule has 1 N–H and O–H groups in total. The summed E-state index contributed by atoms with van der Waals surface area (Å²) in [5.41, 5.74) is 0.378. The monoisotopic (exact) mass is 445 g/mol. The lowest BCUT2D eigenvalue weighted by molar-refractivity contribution is -0.137. The van der Waals surface area contributed by atoms with Crippen LogP contribution in [0.2, 0.25) is 0 Å². The molecule has 0 radical (unpaired) electrons. The first kappa shape index (κ1) is 21.9. The molecule has 0 saturated carbocycles. The van der Waals surface area contributed by atoms with Gasteiger partial charge in [-0.05, 0) is 61.7 Å². The number of carbonyl (C=O) groups excluding carboxylic acids is 3. The van der Waals surface area contributed by atoms with Crippen LogP contribution in [0.25, 0.3) is 0 Å². The Morgan fingerprint density at radius 2 is 1.50 bits per heavy atom. The number of nitrogens with one attached hydrogen (secondary N) is 1. The molecule has 2 aliphatic rings. The number of piperidine rings is 1. The molecular formula is C23H22F3N3O3. The minimum absolute atomic E-state index is 0.0979. The molecule has 0 spiro atoms. The molecule has 2 aromatic carbocycles. The van der Waals surface area contributed by atoms with Crippen molar-refractivity contribution in [2.24, 2.45) is 0 Å². The number of alkyl halides is 3. The number of nitrogens with zero attached hydrogens (tertiary/aromatic N) is 2. The van der Waals surface area contributed by atoms with Crippen LogP contribution < -0.4 is 15.1 Å². The van der Waals surface area contributed by atoms with Crippen LogP contribution >= 0.6 is 0 Å². The zero-order valence-electron chi connectivity index (χ0n) is 17.2. The van der Waals surface area contributed by atoms with Crippen LogP contribution in [-0.4, -0.2) is 30.8 Å². The highest BCUT2D eigenvalue weighted by atomic mass is 19.4. The maximum atomic E-state index is 13.3. The van der Waals surface area contributed by atoms with Gasteiger partial charge in [0, 0.05) is 31.5 Å². The number of imide groups is 1. The van der Waals surface area contributed by atoms with Gasteiger partial charge >= 0.3 is 6.18 Å². The number of anilines is 3. The number of rotatable bonds is 4. The minimum atomic E-state index is -4.53. The first-order chi connectivity index (χ1) is 15.2. The molecule has 32 heavy (non-hydrogen) atoms. The zero-order chi connectivity index (χ0) is 22.9. The van der Waals surface area contributed by atoms with E-state index in [1.165, 1.54) is 30.3 Å². The van der Waals surface area contributed by atoms with Crippen molar-refractivity contribution in [1.29, 1.82) is 0 Å². The second kappa shape index (κ2) is 8.64. The molecule has 2 fully saturated rings. The summed E-state index contributed by atoms with van der Waals surface area (Å²) in [7, 11) is 0. The van der Waals surface area contributed by atoms with Crippen LogP contribution in [-0.2, 0) is 15.8 Å². The van der Waals surface area contributed by atoms with Gasteiger partial charge in [0.2, 0.25) is 11.8 Å². The van der Waals surface area contributed by atoms with Crippen molar-refractivity contribution in [3.05, 3.63) is 53.6 Å². The van der Waals surface area contributed by atoms with Gasteiger partial charge in [-0.25, -0.2) is 0 Å². The molecule has 0 aliphatic carbocycles. The van der Waals surface area contributed by atoms with Gasteiger partial charge in [-0.2, -0.15) is 13.2 Å². The predicted molar refractivity (Wildman–Crippen MR) is 114 cm³/mol. The molecule has 6 nitrogen and oxygen atoms in total. The number of hydrogen-bond acceptors (Lipinski definition) is 4. The first-order valence-corrected chi connectivity index (χ1v) is 10.5. The fourth-order valence-corrected chi connectivity index (χ4v) is 4.04. The first-order valence-electron chi connectivity index (χ1n) is 10.5. The summed E-state index contributed by atoms with van der Waals surface area (Å²) < 4.78 is 39.8. The van der Waals surface area contributed by atoms with E-state index in [-0.39, 0.29) is 35.9 Å². The molecule has 9 heteroatoms. The van der Waals surface area contributed by atoms with Crippen LogP contribution in [0.3, 0.4) is 0 Å². The van der Waals surface area contributed by atoms with E-state index >= 15 is 0 Å². The van der Waals surface area contributed by atoms with E-state index in [0.29, 0.717) is 24.5 Å². The minimum Gasteiger partial charge on any atom is -0.370 e. The maximum Gasteiger partial charge on any atom is 0.416 e. The van der Waals surface area contributed by atoms with Gasteiger partial charge in [0.15, 0.2) is 0 Å². The van der Waals surface area contributed by atoms with Gasteiger partial charge in [0.05, 0.1) is 22.6 Å². The van der Waals surface area contributed by atoms with E-state index in [0.717, 1.165) is 36.3 Å². The molecule has 168 valence electrons. The topological polar surface area (TPSA) is 69.7 Å². The molecule has 4 rings (SSSR count). The van der Waals surface area contributed by atoms with Crippen molar-refractivity contribution < 1.29 is 27.6 Å². The van der Waals surface area contributed by atoms with Gasteiger partial charge in [-0.1, -0.05) is 0 Å². The van der Waals surface area contributed by atoms with Crippen molar-refractivity contribution >= 4 is 34.8 Å². The Labute approximate surface area is 183 Å². The standard InChI is InChI=1S/C23H22F3N3O3/c24-23(25,26)16-6-9-19(28-12-2-1-3-13-28)18(14-16)27-22(32)15-4-7-17(8-5-15)29-20(30)10-11-21(29)31/h4-9,14H,1-3,10-13H2,(H,27,32). The highest BCUT2D eigenvalue weighted by Gasteiger charge is 2.32. The molecule has 0 bridgehead atoms. The Kier molecular flexibility index (Phi) is 5.90. The summed E-state index contributed by atoms with van der Waals surface area (Å²) in [6, 6.07) is 9.23. The normalized spacial score (nSPS) is 17.1. The number of benzene rings is 2. The van der Waals surface area contributed by atoms with Gasteiger partial charge in [-0.3, -0.25) is 19.3 Å². The zero-order valence-corrected chi connectivity index (χ0v) is 17.2. The molecule has 2 saturated heterocycles. The highest BCUT2D eigenvalue weighted by molar-refractivity contribution is 6.20. The summed E-state index contributed by atoms with van der Waals surface area (Å²) in [5.74, 6) is -1.18. The van der Waals surface area contributed by atoms with Crippen molar-refractivity contribution in [3.63, 3.8) is 0 Å². The summed E-state index contributed by atoms with van der Waals surface area (Å²) in [4.78, 5) is 39.6. The third-order valence-corrected chi connectivity index (χ3v) is 5.71. The van der Waals surface area contributed by atoms with Crippen molar-refractivity contribution in [1.82, 2.24) is 0 Å². The molecule has 3 amide bonds. The Morgan fingerprint density at radius 3 is 2.09 bits per heavy atom. The maximum absolute atomic E-state index is 13.3. The van der Waals surface area contributed by atoms with Crippen LogP contribution in [0.4, 0.5) is 30.2 Å². The SMILES string of the molecule is O=C(Nc1cc(C(F)(F)F)ccc1N1CCCCC1)c1ccc(N2C(=O)CCC2=O)cc1. The van der Waals surface area contributed by atoms with E-state index in [1.807, 2.05) is 4.90 Å². The fourth-order valence-electron chi connectivity index (χ4n) is 4.04. The van der Waals surface area contributed by atoms with E-state index in [9.17, 15) is 27.6 Å². The van der Waals surface area contributed by atoms with Crippen molar-refractivity contribution in [2.75, 3.05) is 28.2 Å². The third kappa shape index (κ3) is 4.46. The van der Waals surface area contributed by atoms with Crippen LogP contribution in [0.15, 0.2) is 42.5 Å². The van der Waals surface area contributed by atoms with Gasteiger partial charge in [-0.15, -0.1) is 0 Å². The van der Waals surface area contributed by atoms with Crippen LogP contribution in [0.1, 0.15) is 48.0 Å². The lowest BCUT2D eigenvalue weighted by Gasteiger charge is -2.31. The Bertz CT molecular complexity index is 1030. The summed E-state index contributed by atoms with van der Waals surface area (Å²) in [5, 5.41) is 2.62. The van der Waals surface area contributed by atoms with Gasteiger partial charge < -0.3 is 10.2 Å². The van der Waals surface area contributed by atoms with Crippen LogP contribution in [0, 0.1) is 0 Å². The molecule has 2 heterocycles. The molecule has 0 aromatic heterocycles. The summed E-state index contributed by atoms with van der Waals surface area (Å²) >= 11 is 0. The number of amides is 3. The number of hydrogen-bond donors (Lipinski definition) is 1. The Balaban J connectivity index is 1.58. The molecule has 0 unspecified atom stereocenters. The second-order valence-corrected chi connectivity index (χ2v) is 7.90. The summed E-state index contributed by atoms with van der Waals surface area (Å²) in [6.07, 6.45) is -1.30. The third-order valence-electron chi connectivity index (χ3n) is 5.71. The lowest BCUT2D eigenvalue weighted by Crippen LogP contribution is -2.30. The van der Waals surface area contributed by atoms with E-state index in [2.05, 4.69) is 5.32 Å². The Morgan fingerprint density at radius 1 is 0.875 bits per heavy atom. The smallest absolute Gasteiger partial charge is 0.370 e. The second-order valence-electron chi connectivity index (χ2n) is 7.90. The molecule has 2 aromatic rings. The van der Waals surface area contributed by atoms with Gasteiger partial charge in [0.25, 0.3) is 5.91 Å². The predicted octanol–water partition coefficient (Wildman–Crippen LogP) is 4.60. The van der Waals surface area contributed by atoms with E-state index < -0.39 is 17.6 Å².